The first kappa shape index (κ1) is 16.0. The molecular formula is C18H12N2O3S2. The Kier molecular flexibility index (Phi) is 3.89. The van der Waals surface area contributed by atoms with Gasteiger partial charge in [-0.15, -0.1) is 0 Å². The van der Waals surface area contributed by atoms with Gasteiger partial charge in [0.25, 0.3) is 0 Å². The zero-order valence-electron chi connectivity index (χ0n) is 13.1. The fraction of sp³-hybridized carbons (Fsp3) is 0.111. The second kappa shape index (κ2) is 6.09. The molecule has 2 aliphatic rings. The van der Waals surface area contributed by atoms with E-state index in [0.29, 0.717) is 21.3 Å². The largest absolute Gasteiger partial charge is 0.421 e. The first-order valence-electron chi connectivity index (χ1n) is 7.56. The summed E-state index contributed by atoms with van der Waals surface area (Å²) in [5, 5.41) is -0.553. The number of anilines is 1. The van der Waals surface area contributed by atoms with Crippen LogP contribution in [0.3, 0.4) is 0 Å². The van der Waals surface area contributed by atoms with Crippen LogP contribution in [0.4, 0.5) is 5.69 Å². The summed E-state index contributed by atoms with van der Waals surface area (Å²) in [6, 6.07) is 10.9. The number of thioether (sulfide) groups is 1. The van der Waals surface area contributed by atoms with E-state index in [-0.39, 0.29) is 5.91 Å². The van der Waals surface area contributed by atoms with Crippen molar-refractivity contribution in [1.82, 2.24) is 4.98 Å². The number of aromatic nitrogens is 1. The van der Waals surface area contributed by atoms with Gasteiger partial charge in [0.15, 0.2) is 5.76 Å². The third kappa shape index (κ3) is 2.65. The number of ether oxygens (including phenoxy) is 1. The quantitative estimate of drug-likeness (QED) is 0.599. The van der Waals surface area contributed by atoms with E-state index in [4.69, 9.17) is 17.0 Å². The van der Waals surface area contributed by atoms with E-state index in [2.05, 4.69) is 4.98 Å². The number of fused-ring (bicyclic) bond motifs is 1. The first-order chi connectivity index (χ1) is 12.1. The lowest BCUT2D eigenvalue weighted by molar-refractivity contribution is -0.116. The van der Waals surface area contributed by atoms with E-state index in [9.17, 15) is 9.59 Å². The van der Waals surface area contributed by atoms with Crippen molar-refractivity contribution < 1.29 is 14.3 Å². The Morgan fingerprint density at radius 3 is 2.84 bits per heavy atom. The van der Waals surface area contributed by atoms with Gasteiger partial charge in [0, 0.05) is 6.20 Å². The third-order valence-electron chi connectivity index (χ3n) is 4.00. The molecule has 1 amide bonds. The summed E-state index contributed by atoms with van der Waals surface area (Å²) in [5.74, 6) is -0.304. The Balaban J connectivity index is 1.68. The van der Waals surface area contributed by atoms with Gasteiger partial charge in [-0.2, -0.15) is 0 Å². The van der Waals surface area contributed by atoms with Crippen LogP contribution in [-0.2, 0) is 9.53 Å². The van der Waals surface area contributed by atoms with E-state index in [1.807, 2.05) is 31.2 Å². The van der Waals surface area contributed by atoms with Gasteiger partial charge in [-0.1, -0.05) is 42.2 Å². The number of rotatable bonds is 2. The molecule has 124 valence electrons. The molecule has 0 radical (unpaired) electrons. The highest BCUT2D eigenvalue weighted by Gasteiger charge is 2.39. The van der Waals surface area contributed by atoms with Gasteiger partial charge in [-0.25, -0.2) is 4.79 Å². The Morgan fingerprint density at radius 1 is 1.24 bits per heavy atom. The molecule has 1 aromatic carbocycles. The molecule has 0 aliphatic carbocycles. The molecule has 0 saturated carbocycles. The lowest BCUT2D eigenvalue weighted by Crippen LogP contribution is -2.31. The van der Waals surface area contributed by atoms with Crippen molar-refractivity contribution in [2.75, 3.05) is 4.90 Å². The zero-order valence-corrected chi connectivity index (χ0v) is 14.8. The zero-order chi connectivity index (χ0) is 17.6. The van der Waals surface area contributed by atoms with Gasteiger partial charge >= 0.3 is 5.97 Å². The minimum Gasteiger partial charge on any atom is -0.421 e. The van der Waals surface area contributed by atoms with Crippen LogP contribution in [0.25, 0.3) is 5.76 Å². The van der Waals surface area contributed by atoms with Crippen LogP contribution in [0.2, 0.25) is 0 Å². The number of para-hydroxylation sites is 1. The number of nitrogens with zero attached hydrogens (tertiary/aromatic N) is 2. The standard InChI is InChI=1S/C18H12N2O3S2/c1-10-5-2-3-7-12(10)20-16(21)14(25-18(20)24)9-13-15-11(17(22)23-13)6-4-8-19-15/h2-9,14H,1H3/b13-9-. The lowest BCUT2D eigenvalue weighted by Gasteiger charge is -2.17. The molecule has 1 aromatic heterocycles. The topological polar surface area (TPSA) is 59.5 Å². The summed E-state index contributed by atoms with van der Waals surface area (Å²) >= 11 is 6.65. The van der Waals surface area contributed by atoms with Gasteiger partial charge in [-0.3, -0.25) is 14.7 Å². The normalized spacial score (nSPS) is 21.0. The summed E-state index contributed by atoms with van der Waals surface area (Å²) in [4.78, 5) is 30.5. The molecule has 1 saturated heterocycles. The number of carbonyl (C=O) groups is 2. The van der Waals surface area contributed by atoms with Crippen molar-refractivity contribution >= 4 is 51.6 Å². The number of hydrogen-bond donors (Lipinski definition) is 0. The maximum atomic E-state index is 12.9. The molecule has 0 spiro atoms. The molecule has 5 nitrogen and oxygen atoms in total. The SMILES string of the molecule is Cc1ccccc1N1C(=O)C(/C=C2\OC(=O)c3cccnc32)SC1=S. The molecular weight excluding hydrogens is 356 g/mol. The molecule has 7 heteroatoms. The number of thiocarbonyl (C=S) groups is 1. The highest BCUT2D eigenvalue weighted by Crippen LogP contribution is 2.37. The van der Waals surface area contributed by atoms with E-state index in [1.165, 1.54) is 16.7 Å². The minimum absolute atomic E-state index is 0.155. The van der Waals surface area contributed by atoms with Crippen LogP contribution in [-0.4, -0.2) is 26.4 Å². The predicted molar refractivity (Wildman–Crippen MR) is 100 cm³/mol. The minimum atomic E-state index is -0.553. The van der Waals surface area contributed by atoms with Gasteiger partial charge in [-0.05, 0) is 36.8 Å². The number of esters is 1. The number of carbonyl (C=O) groups excluding carboxylic acids is 2. The van der Waals surface area contributed by atoms with Crippen LogP contribution in [0.1, 0.15) is 21.6 Å². The fourth-order valence-corrected chi connectivity index (χ4v) is 4.19. The molecule has 2 aromatic rings. The number of amides is 1. The molecule has 2 aliphatic heterocycles. The monoisotopic (exact) mass is 368 g/mol. The number of hydrogen-bond acceptors (Lipinski definition) is 6. The number of pyridine rings is 1. The number of benzene rings is 1. The lowest BCUT2D eigenvalue weighted by atomic mass is 10.1. The van der Waals surface area contributed by atoms with Gasteiger partial charge < -0.3 is 4.74 Å². The summed E-state index contributed by atoms with van der Waals surface area (Å²) in [7, 11) is 0. The van der Waals surface area contributed by atoms with Crippen molar-refractivity contribution in [2.24, 2.45) is 0 Å². The summed E-state index contributed by atoms with van der Waals surface area (Å²) in [6.07, 6.45) is 3.21. The first-order valence-corrected chi connectivity index (χ1v) is 8.84. The maximum Gasteiger partial charge on any atom is 0.345 e. The van der Waals surface area contributed by atoms with E-state index in [0.717, 1.165) is 11.3 Å². The smallest absolute Gasteiger partial charge is 0.345 e. The molecule has 1 fully saturated rings. The number of aryl methyl sites for hydroxylation is 1. The third-order valence-corrected chi connectivity index (χ3v) is 5.44. The Morgan fingerprint density at radius 2 is 2.04 bits per heavy atom. The van der Waals surface area contributed by atoms with Crippen LogP contribution in [0.15, 0.2) is 48.7 Å². The highest BCUT2D eigenvalue weighted by molar-refractivity contribution is 8.25. The van der Waals surface area contributed by atoms with Crippen molar-refractivity contribution in [2.45, 2.75) is 12.2 Å². The van der Waals surface area contributed by atoms with Crippen molar-refractivity contribution in [3.8, 4) is 0 Å². The second-order valence-corrected chi connectivity index (χ2v) is 7.36. The van der Waals surface area contributed by atoms with Crippen molar-refractivity contribution in [1.29, 1.82) is 0 Å². The Labute approximate surface area is 153 Å². The predicted octanol–water partition coefficient (Wildman–Crippen LogP) is 3.33. The molecule has 1 atom stereocenters. The highest BCUT2D eigenvalue weighted by atomic mass is 32.2. The average Bonchev–Trinajstić information content (AvgIpc) is 3.06. The molecule has 4 rings (SSSR count). The van der Waals surface area contributed by atoms with Crippen LogP contribution < -0.4 is 4.90 Å². The van der Waals surface area contributed by atoms with Crippen LogP contribution in [0.5, 0.6) is 0 Å². The fourth-order valence-electron chi connectivity index (χ4n) is 2.79. The summed E-state index contributed by atoms with van der Waals surface area (Å²) < 4.78 is 5.75. The number of cyclic esters (lactones) is 1. The molecule has 0 bridgehead atoms. The van der Waals surface area contributed by atoms with Gasteiger partial charge in [0.1, 0.15) is 15.3 Å². The van der Waals surface area contributed by atoms with Gasteiger partial charge in [0.2, 0.25) is 5.91 Å². The van der Waals surface area contributed by atoms with E-state index >= 15 is 0 Å². The average molecular weight is 368 g/mol. The maximum absolute atomic E-state index is 12.9. The van der Waals surface area contributed by atoms with Gasteiger partial charge in [0.05, 0.1) is 11.3 Å². The molecule has 0 N–H and O–H groups in total. The summed E-state index contributed by atoms with van der Waals surface area (Å²) in [5.41, 5.74) is 2.60. The molecule has 25 heavy (non-hydrogen) atoms. The van der Waals surface area contributed by atoms with E-state index < -0.39 is 11.2 Å². The van der Waals surface area contributed by atoms with E-state index in [1.54, 1.807) is 24.4 Å². The molecule has 3 heterocycles. The van der Waals surface area contributed by atoms with Crippen LogP contribution in [0, 0.1) is 6.92 Å². The molecule has 1 unspecified atom stereocenters. The Hall–Kier alpha value is -2.51. The summed E-state index contributed by atoms with van der Waals surface area (Å²) in [6.45, 7) is 1.93. The van der Waals surface area contributed by atoms with Crippen molar-refractivity contribution in [3.05, 3.63) is 65.5 Å². The van der Waals surface area contributed by atoms with Crippen molar-refractivity contribution in [3.63, 3.8) is 0 Å². The van der Waals surface area contributed by atoms with Crippen LogP contribution >= 0.6 is 24.0 Å². The Bertz CT molecular complexity index is 955. The second-order valence-electron chi connectivity index (χ2n) is 5.58.